The smallest absolute Gasteiger partial charge is 0.0921 e. The van der Waals surface area contributed by atoms with Crippen LogP contribution < -0.4 is 0 Å². The van der Waals surface area contributed by atoms with Crippen LogP contribution in [0.1, 0.15) is 22.6 Å². The van der Waals surface area contributed by atoms with Crippen LogP contribution >= 0.6 is 11.6 Å². The van der Waals surface area contributed by atoms with Crippen molar-refractivity contribution in [2.75, 3.05) is 6.54 Å². The normalized spacial score (nSPS) is 11.1. The monoisotopic (exact) mass is 341 g/mol. The molecular formula is C18H20ClN5. The molecule has 3 heterocycles. The number of aryl methyl sites for hydroxylation is 1. The first-order chi connectivity index (χ1) is 11.7. The van der Waals surface area contributed by atoms with Crippen LogP contribution in [0.4, 0.5) is 0 Å². The van der Waals surface area contributed by atoms with Gasteiger partial charge in [0.2, 0.25) is 0 Å². The molecule has 0 saturated carbocycles. The van der Waals surface area contributed by atoms with Crippen molar-refractivity contribution < 1.29 is 0 Å². The van der Waals surface area contributed by atoms with Gasteiger partial charge in [-0.3, -0.25) is 14.9 Å². The van der Waals surface area contributed by atoms with E-state index in [2.05, 4.69) is 37.8 Å². The van der Waals surface area contributed by atoms with E-state index in [4.69, 9.17) is 11.6 Å². The lowest BCUT2D eigenvalue weighted by Gasteiger charge is -2.22. The lowest BCUT2D eigenvalue weighted by atomic mass is 10.2. The second kappa shape index (κ2) is 8.04. The highest BCUT2D eigenvalue weighted by Gasteiger charge is 2.13. The number of hydrogen-bond donors (Lipinski definition) is 1. The number of hydrogen-bond acceptors (Lipinski definition) is 4. The van der Waals surface area contributed by atoms with Gasteiger partial charge in [-0.1, -0.05) is 17.7 Å². The maximum atomic E-state index is 6.28. The van der Waals surface area contributed by atoms with Crippen LogP contribution in [0.3, 0.4) is 0 Å². The maximum absolute atomic E-state index is 6.28. The zero-order valence-corrected chi connectivity index (χ0v) is 14.4. The summed E-state index contributed by atoms with van der Waals surface area (Å²) in [5.41, 5.74) is 4.27. The standard InChI is InChI=1S/C18H20ClN5/c1-14-4-2-7-21-17(14)11-24(9-6-15-10-20-13-23-15)12-18-16(19)5-3-8-22-18/h2-5,7-8,10,13H,6,9,11-12H2,1H3,(H,20,23). The Morgan fingerprint density at radius 1 is 1.08 bits per heavy atom. The Bertz CT molecular complexity index is 725. The van der Waals surface area contributed by atoms with Crippen molar-refractivity contribution in [1.82, 2.24) is 24.8 Å². The molecule has 3 aromatic heterocycles. The van der Waals surface area contributed by atoms with E-state index in [-0.39, 0.29) is 0 Å². The minimum atomic E-state index is 0.684. The fraction of sp³-hybridized carbons (Fsp3) is 0.278. The second-order valence-corrected chi connectivity index (χ2v) is 6.14. The second-order valence-electron chi connectivity index (χ2n) is 5.74. The van der Waals surface area contributed by atoms with Gasteiger partial charge in [-0.2, -0.15) is 0 Å². The van der Waals surface area contributed by atoms with E-state index in [9.17, 15) is 0 Å². The average Bonchev–Trinajstić information content (AvgIpc) is 3.10. The minimum Gasteiger partial charge on any atom is -0.348 e. The zero-order chi connectivity index (χ0) is 16.8. The molecule has 0 aliphatic heterocycles. The number of H-pyrrole nitrogens is 1. The van der Waals surface area contributed by atoms with Crippen molar-refractivity contribution in [2.24, 2.45) is 0 Å². The lowest BCUT2D eigenvalue weighted by Crippen LogP contribution is -2.27. The van der Waals surface area contributed by atoms with Crippen LogP contribution in [0.25, 0.3) is 0 Å². The molecule has 0 spiro atoms. The summed E-state index contributed by atoms with van der Waals surface area (Å²) in [5, 5.41) is 0.696. The summed E-state index contributed by atoms with van der Waals surface area (Å²) in [4.78, 5) is 18.5. The topological polar surface area (TPSA) is 57.7 Å². The van der Waals surface area contributed by atoms with Gasteiger partial charge < -0.3 is 4.98 Å². The molecule has 0 fully saturated rings. The van der Waals surface area contributed by atoms with Crippen molar-refractivity contribution in [2.45, 2.75) is 26.4 Å². The van der Waals surface area contributed by atoms with E-state index >= 15 is 0 Å². The predicted molar refractivity (Wildman–Crippen MR) is 94.6 cm³/mol. The molecule has 0 aliphatic rings. The van der Waals surface area contributed by atoms with Gasteiger partial charge in [0.1, 0.15) is 0 Å². The van der Waals surface area contributed by atoms with Gasteiger partial charge in [0.15, 0.2) is 0 Å². The molecule has 0 aliphatic carbocycles. The number of nitrogens with zero attached hydrogens (tertiary/aromatic N) is 4. The summed E-state index contributed by atoms with van der Waals surface area (Å²) in [5.74, 6) is 0. The molecule has 0 bridgehead atoms. The first-order valence-electron chi connectivity index (χ1n) is 7.92. The SMILES string of the molecule is Cc1cccnc1CN(CCc1cnc[nH]1)Cc1ncccc1Cl. The Hall–Kier alpha value is -2.24. The van der Waals surface area contributed by atoms with Gasteiger partial charge >= 0.3 is 0 Å². The first-order valence-corrected chi connectivity index (χ1v) is 8.29. The van der Waals surface area contributed by atoms with E-state index in [1.54, 1.807) is 12.5 Å². The molecule has 0 amide bonds. The number of pyridine rings is 2. The molecular weight excluding hydrogens is 322 g/mol. The molecule has 5 nitrogen and oxygen atoms in total. The Balaban J connectivity index is 1.75. The number of aromatic nitrogens is 4. The third-order valence-corrected chi connectivity index (χ3v) is 4.30. The number of aromatic amines is 1. The summed E-state index contributed by atoms with van der Waals surface area (Å²) in [7, 11) is 0. The highest BCUT2D eigenvalue weighted by molar-refractivity contribution is 6.31. The molecule has 6 heteroatoms. The van der Waals surface area contributed by atoms with Crippen molar-refractivity contribution in [3.8, 4) is 0 Å². The molecule has 24 heavy (non-hydrogen) atoms. The number of nitrogens with one attached hydrogen (secondary N) is 1. The molecule has 0 saturated heterocycles. The summed E-state index contributed by atoms with van der Waals surface area (Å²) >= 11 is 6.28. The van der Waals surface area contributed by atoms with Crippen molar-refractivity contribution in [3.63, 3.8) is 0 Å². The van der Waals surface area contributed by atoms with Crippen molar-refractivity contribution in [3.05, 3.63) is 76.9 Å². The van der Waals surface area contributed by atoms with E-state index < -0.39 is 0 Å². The molecule has 0 atom stereocenters. The highest BCUT2D eigenvalue weighted by atomic mass is 35.5. The summed E-state index contributed by atoms with van der Waals surface area (Å²) < 4.78 is 0. The fourth-order valence-corrected chi connectivity index (χ4v) is 2.74. The first kappa shape index (κ1) is 16.6. The fourth-order valence-electron chi connectivity index (χ4n) is 2.56. The summed E-state index contributed by atoms with van der Waals surface area (Å²) in [6.07, 6.45) is 8.07. The van der Waals surface area contributed by atoms with Crippen LogP contribution in [0.5, 0.6) is 0 Å². The number of imidazole rings is 1. The third-order valence-electron chi connectivity index (χ3n) is 3.95. The Morgan fingerprint density at radius 2 is 1.83 bits per heavy atom. The molecule has 3 aromatic rings. The predicted octanol–water partition coefficient (Wildman–Crippen LogP) is 3.41. The molecule has 0 aromatic carbocycles. The number of halogens is 1. The molecule has 124 valence electrons. The van der Waals surface area contributed by atoms with E-state index in [0.717, 1.165) is 36.6 Å². The third kappa shape index (κ3) is 4.40. The van der Waals surface area contributed by atoms with Gasteiger partial charge in [-0.15, -0.1) is 0 Å². The van der Waals surface area contributed by atoms with E-state index in [1.165, 1.54) is 5.56 Å². The lowest BCUT2D eigenvalue weighted by molar-refractivity contribution is 0.253. The average molecular weight is 342 g/mol. The van der Waals surface area contributed by atoms with Gasteiger partial charge in [-0.25, -0.2) is 4.98 Å². The maximum Gasteiger partial charge on any atom is 0.0921 e. The quantitative estimate of drug-likeness (QED) is 0.715. The Labute approximate surface area is 146 Å². The van der Waals surface area contributed by atoms with E-state index in [1.807, 2.05) is 30.6 Å². The van der Waals surface area contributed by atoms with Gasteiger partial charge in [-0.05, 0) is 30.7 Å². The minimum absolute atomic E-state index is 0.684. The van der Waals surface area contributed by atoms with Gasteiger partial charge in [0.25, 0.3) is 0 Å². The molecule has 0 radical (unpaired) electrons. The van der Waals surface area contributed by atoms with Crippen LogP contribution in [0, 0.1) is 6.92 Å². The van der Waals surface area contributed by atoms with Crippen LogP contribution in [-0.4, -0.2) is 31.4 Å². The van der Waals surface area contributed by atoms with Crippen LogP contribution in [-0.2, 0) is 19.5 Å². The molecule has 1 N–H and O–H groups in total. The molecule has 3 rings (SSSR count). The highest BCUT2D eigenvalue weighted by Crippen LogP contribution is 2.17. The van der Waals surface area contributed by atoms with Gasteiger partial charge in [0.05, 0.1) is 22.7 Å². The summed E-state index contributed by atoms with van der Waals surface area (Å²) in [6.45, 7) is 4.39. The Kier molecular flexibility index (Phi) is 5.56. The van der Waals surface area contributed by atoms with Crippen molar-refractivity contribution in [1.29, 1.82) is 0 Å². The van der Waals surface area contributed by atoms with Crippen LogP contribution in [0.2, 0.25) is 5.02 Å². The zero-order valence-electron chi connectivity index (χ0n) is 13.6. The van der Waals surface area contributed by atoms with Gasteiger partial charge in [0, 0.05) is 50.3 Å². The van der Waals surface area contributed by atoms with E-state index in [0.29, 0.717) is 11.6 Å². The largest absolute Gasteiger partial charge is 0.348 e. The number of rotatable bonds is 7. The van der Waals surface area contributed by atoms with Crippen LogP contribution in [0.15, 0.2) is 49.2 Å². The van der Waals surface area contributed by atoms with Crippen molar-refractivity contribution >= 4 is 11.6 Å². The molecule has 0 unspecified atom stereocenters. The Morgan fingerprint density at radius 3 is 2.54 bits per heavy atom. The summed E-state index contributed by atoms with van der Waals surface area (Å²) in [6, 6.07) is 7.78.